The monoisotopic (exact) mass is 359 g/mol. The molecule has 0 aromatic carbocycles. The molecule has 3 aromatic heterocycles. The van der Waals surface area contributed by atoms with Crippen molar-refractivity contribution in [1.29, 1.82) is 0 Å². The summed E-state index contributed by atoms with van der Waals surface area (Å²) >= 11 is 9.62. The second-order valence-corrected chi connectivity index (χ2v) is 13.0. The fourth-order valence-electron chi connectivity index (χ4n) is 1.66. The Morgan fingerprint density at radius 1 is 0.706 bits per heavy atom. The number of rotatable bonds is 3. The van der Waals surface area contributed by atoms with Gasteiger partial charge in [-0.2, -0.15) is 0 Å². The van der Waals surface area contributed by atoms with Gasteiger partial charge in [0, 0.05) is 0 Å². The van der Waals surface area contributed by atoms with Crippen LogP contribution in [0.4, 0.5) is 0 Å². The van der Waals surface area contributed by atoms with Crippen LogP contribution in [0.15, 0.2) is 52.5 Å². The Hall–Kier alpha value is 0.01000. The average Bonchev–Trinajstić information content (AvgIpc) is 3.10. The van der Waals surface area contributed by atoms with Crippen LogP contribution in [-0.2, 0) is 0 Å². The number of thiophene rings is 3. The largest absolute Gasteiger partial charge is 0.212 e. The highest BCUT2D eigenvalue weighted by Gasteiger charge is 2.46. The Balaban J connectivity index is 2.21. The summed E-state index contributed by atoms with van der Waals surface area (Å²) in [7, 11) is 0. The maximum absolute atomic E-state index is 4.09. The van der Waals surface area contributed by atoms with Gasteiger partial charge >= 0.3 is 0 Å². The van der Waals surface area contributed by atoms with Crippen molar-refractivity contribution >= 4 is 69.3 Å². The Morgan fingerprint density at radius 2 is 1.06 bits per heavy atom. The van der Waals surface area contributed by atoms with Gasteiger partial charge in [-0.15, -0.1) is 34.0 Å². The van der Waals surface area contributed by atoms with Gasteiger partial charge in [0.15, 0.2) is 29.3 Å². The smallest absolute Gasteiger partial charge is 0.106 e. The number of hydrogen-bond donors (Lipinski definition) is 0. The fraction of sp³-hybridized carbons (Fsp3) is 0. The molecule has 0 fully saturated rings. The first-order valence-electron chi connectivity index (χ1n) is 5.03. The third-order valence-electron chi connectivity index (χ3n) is 2.43. The first-order chi connectivity index (χ1) is 8.32. The van der Waals surface area contributed by atoms with E-state index in [0.29, 0.717) is 0 Å². The zero-order valence-electron chi connectivity index (χ0n) is 8.75. The van der Waals surface area contributed by atoms with E-state index in [0.717, 1.165) is 0 Å². The van der Waals surface area contributed by atoms with Crippen LogP contribution in [0.5, 0.6) is 0 Å². The molecule has 17 heavy (non-hydrogen) atoms. The normalized spacial score (nSPS) is 11.8. The van der Waals surface area contributed by atoms with Crippen LogP contribution < -0.4 is 13.9 Å². The van der Waals surface area contributed by atoms with E-state index in [2.05, 4.69) is 68.0 Å². The van der Waals surface area contributed by atoms with Crippen molar-refractivity contribution < 1.29 is 0 Å². The molecule has 5 heteroatoms. The molecule has 3 rings (SSSR count). The molecule has 0 bridgehead atoms. The molecule has 0 saturated carbocycles. The van der Waals surface area contributed by atoms with Crippen molar-refractivity contribution in [3.05, 3.63) is 52.5 Å². The van der Waals surface area contributed by atoms with Gasteiger partial charge in [-0.1, -0.05) is 0 Å². The van der Waals surface area contributed by atoms with Crippen LogP contribution in [0.2, 0.25) is 0 Å². The van der Waals surface area contributed by atoms with Crippen molar-refractivity contribution in [3.63, 3.8) is 0 Å². The SMILES string of the molecule is Br[P+](c1cccs1)(c1cccs1)c1cccs1. The summed E-state index contributed by atoms with van der Waals surface area (Å²) in [5.74, 6) is -1.52. The van der Waals surface area contributed by atoms with E-state index in [1.165, 1.54) is 13.9 Å². The lowest BCUT2D eigenvalue weighted by atomic mass is 10.7. The van der Waals surface area contributed by atoms with Crippen LogP contribution in [0, 0.1) is 0 Å². The molecular weight excluding hydrogens is 351 g/mol. The molecule has 0 radical (unpaired) electrons. The Bertz CT molecular complexity index is 485. The molecule has 0 spiro atoms. The summed E-state index contributed by atoms with van der Waals surface area (Å²) in [6, 6.07) is 13.1. The van der Waals surface area contributed by atoms with E-state index in [1.54, 1.807) is 0 Å². The van der Waals surface area contributed by atoms with E-state index in [-0.39, 0.29) is 0 Å². The van der Waals surface area contributed by atoms with Gasteiger partial charge in [-0.05, 0) is 52.5 Å². The third-order valence-corrected chi connectivity index (χ3v) is 15.7. The number of halogens is 1. The van der Waals surface area contributed by atoms with Gasteiger partial charge in [0.25, 0.3) is 0 Å². The molecular formula is C12H9BrPS3+. The standard InChI is InChI=1S/C12H9BrPS3/c13-14(10-4-1-7-15-10,11-5-2-8-16-11)12-6-3-9-17-12/h1-9H/q+1. The van der Waals surface area contributed by atoms with E-state index in [1.807, 2.05) is 34.0 Å². The Morgan fingerprint density at radius 3 is 1.29 bits per heavy atom. The first kappa shape index (κ1) is 12.1. The minimum Gasteiger partial charge on any atom is -0.106 e. The predicted octanol–water partition coefficient (Wildman–Crippen LogP) is 4.47. The zero-order valence-corrected chi connectivity index (χ0v) is 13.7. The second kappa shape index (κ2) is 4.94. The quantitative estimate of drug-likeness (QED) is 0.605. The van der Waals surface area contributed by atoms with Gasteiger partial charge in [-0.25, -0.2) is 0 Å². The van der Waals surface area contributed by atoms with Gasteiger partial charge < -0.3 is 0 Å². The minimum atomic E-state index is -1.52. The van der Waals surface area contributed by atoms with Crippen LogP contribution in [0.3, 0.4) is 0 Å². The topological polar surface area (TPSA) is 0 Å². The predicted molar refractivity (Wildman–Crippen MR) is 87.7 cm³/mol. The van der Waals surface area contributed by atoms with E-state index >= 15 is 0 Å². The lowest BCUT2D eigenvalue weighted by Gasteiger charge is -2.13. The second-order valence-electron chi connectivity index (χ2n) is 3.44. The van der Waals surface area contributed by atoms with Crippen LogP contribution >= 0.6 is 55.5 Å². The molecule has 0 amide bonds. The van der Waals surface area contributed by atoms with E-state index < -0.39 is 5.96 Å². The molecule has 0 N–H and O–H groups in total. The van der Waals surface area contributed by atoms with E-state index in [4.69, 9.17) is 0 Å². The molecule has 0 unspecified atom stereocenters. The average molecular weight is 360 g/mol. The van der Waals surface area contributed by atoms with Gasteiger partial charge in [-0.3, -0.25) is 0 Å². The van der Waals surface area contributed by atoms with Crippen molar-refractivity contribution in [2.24, 2.45) is 0 Å². The molecule has 0 atom stereocenters. The molecule has 86 valence electrons. The lowest BCUT2D eigenvalue weighted by Crippen LogP contribution is -2.20. The number of hydrogen-bond acceptors (Lipinski definition) is 3. The molecule has 0 aliphatic heterocycles. The van der Waals surface area contributed by atoms with Gasteiger partial charge in [0.2, 0.25) is 5.96 Å². The summed E-state index contributed by atoms with van der Waals surface area (Å²) in [5, 5.41) is 6.48. The summed E-state index contributed by atoms with van der Waals surface area (Å²) in [6.07, 6.45) is 0. The van der Waals surface area contributed by atoms with Crippen LogP contribution in [0.1, 0.15) is 0 Å². The minimum absolute atomic E-state index is 1.45. The van der Waals surface area contributed by atoms with E-state index in [9.17, 15) is 0 Å². The van der Waals surface area contributed by atoms with Crippen molar-refractivity contribution in [1.82, 2.24) is 0 Å². The molecule has 3 aromatic rings. The maximum atomic E-state index is 4.09. The Labute approximate surface area is 121 Å². The van der Waals surface area contributed by atoms with Crippen molar-refractivity contribution in [2.45, 2.75) is 0 Å². The fourth-order valence-corrected chi connectivity index (χ4v) is 12.5. The molecule has 0 saturated heterocycles. The summed E-state index contributed by atoms with van der Waals surface area (Å²) in [6.45, 7) is 0. The maximum Gasteiger partial charge on any atom is 0.212 e. The van der Waals surface area contributed by atoms with Crippen LogP contribution in [-0.4, -0.2) is 0 Å². The highest BCUT2D eigenvalue weighted by molar-refractivity contribution is 9.45. The summed E-state index contributed by atoms with van der Waals surface area (Å²) in [4.78, 5) is 0. The Kier molecular flexibility index (Phi) is 3.51. The van der Waals surface area contributed by atoms with Gasteiger partial charge in [0.1, 0.15) is 0 Å². The third kappa shape index (κ3) is 2.06. The molecule has 0 aliphatic rings. The highest BCUT2D eigenvalue weighted by Crippen LogP contribution is 2.65. The van der Waals surface area contributed by atoms with Crippen LogP contribution in [0.25, 0.3) is 0 Å². The summed E-state index contributed by atoms with van der Waals surface area (Å²) < 4.78 is 4.34. The molecule has 0 aliphatic carbocycles. The van der Waals surface area contributed by atoms with Gasteiger partial charge in [0.05, 0.1) is 0 Å². The highest BCUT2D eigenvalue weighted by atomic mass is 79.9. The molecule has 0 nitrogen and oxygen atoms in total. The lowest BCUT2D eigenvalue weighted by molar-refractivity contribution is 2.04. The molecule has 3 heterocycles. The summed E-state index contributed by atoms with van der Waals surface area (Å²) in [5.41, 5.74) is 0. The van der Waals surface area contributed by atoms with Crippen molar-refractivity contribution in [2.75, 3.05) is 0 Å². The first-order valence-corrected chi connectivity index (χ1v) is 11.5. The van der Waals surface area contributed by atoms with Crippen molar-refractivity contribution in [3.8, 4) is 0 Å². The zero-order chi connectivity index (χ0) is 11.7.